The van der Waals surface area contributed by atoms with E-state index >= 15 is 0 Å². The third kappa shape index (κ3) is 3.10. The highest BCUT2D eigenvalue weighted by Crippen LogP contribution is 2.13. The summed E-state index contributed by atoms with van der Waals surface area (Å²) in [6.07, 6.45) is 0. The van der Waals surface area contributed by atoms with E-state index in [-0.39, 0.29) is 24.3 Å². The lowest BCUT2D eigenvalue weighted by atomic mass is 10.2. The van der Waals surface area contributed by atoms with Gasteiger partial charge in [-0.1, -0.05) is 6.92 Å². The molecule has 118 valence electrons. The summed E-state index contributed by atoms with van der Waals surface area (Å²) in [5, 5.41) is 2.86. The predicted octanol–water partition coefficient (Wildman–Crippen LogP) is 1.04. The van der Waals surface area contributed by atoms with Crippen molar-refractivity contribution in [3.8, 4) is 0 Å². The van der Waals surface area contributed by atoms with Gasteiger partial charge in [-0.2, -0.15) is 0 Å². The molecule has 0 radical (unpaired) electrons. The summed E-state index contributed by atoms with van der Waals surface area (Å²) < 4.78 is 18.5. The molecule has 2 heterocycles. The molecule has 3 rings (SSSR count). The number of carbonyl (C=O) groups excluding carboxylic acids is 1. The summed E-state index contributed by atoms with van der Waals surface area (Å²) >= 11 is 0. The van der Waals surface area contributed by atoms with Gasteiger partial charge in [0, 0.05) is 6.54 Å². The Bertz CT molecular complexity index is 673. The molecular weight excluding hydrogens is 287 g/mol. The molecule has 2 aromatic rings. The Morgan fingerprint density at radius 2 is 2.45 bits per heavy atom. The molecule has 1 fully saturated rings. The third-order valence-electron chi connectivity index (χ3n) is 3.87. The summed E-state index contributed by atoms with van der Waals surface area (Å²) in [4.78, 5) is 21.7. The summed E-state index contributed by atoms with van der Waals surface area (Å²) in [5.41, 5.74) is 1.31. The highest BCUT2D eigenvalue weighted by atomic mass is 19.1. The van der Waals surface area contributed by atoms with Crippen molar-refractivity contribution in [2.75, 3.05) is 26.3 Å². The quantitative estimate of drug-likeness (QED) is 0.885. The van der Waals surface area contributed by atoms with Gasteiger partial charge in [-0.3, -0.25) is 9.69 Å². The number of carbonyl (C=O) groups is 1. The lowest BCUT2D eigenvalue weighted by Crippen LogP contribution is -2.53. The molecule has 1 amide bonds. The minimum atomic E-state index is -0.315. The molecule has 7 heteroatoms. The molecule has 0 spiro atoms. The molecule has 1 unspecified atom stereocenters. The summed E-state index contributed by atoms with van der Waals surface area (Å²) in [6, 6.07) is 4.10. The maximum Gasteiger partial charge on any atom is 0.240 e. The van der Waals surface area contributed by atoms with Gasteiger partial charge in [-0.05, 0) is 24.7 Å². The van der Waals surface area contributed by atoms with E-state index in [1.165, 1.54) is 12.1 Å². The van der Waals surface area contributed by atoms with Gasteiger partial charge in [0.05, 0.1) is 30.8 Å². The summed E-state index contributed by atoms with van der Waals surface area (Å²) in [7, 11) is 0. The SMILES string of the molecule is CCN1CCOCC1C(=O)NCc1nc2ccc(F)cc2[nH]1. The predicted molar refractivity (Wildman–Crippen MR) is 79.8 cm³/mol. The molecule has 0 aliphatic carbocycles. The second-order valence-corrected chi connectivity index (χ2v) is 5.28. The van der Waals surface area contributed by atoms with Crippen molar-refractivity contribution < 1.29 is 13.9 Å². The van der Waals surface area contributed by atoms with Crippen molar-refractivity contribution in [2.24, 2.45) is 0 Å². The zero-order valence-electron chi connectivity index (χ0n) is 12.4. The zero-order valence-corrected chi connectivity index (χ0v) is 12.4. The van der Waals surface area contributed by atoms with Crippen LogP contribution in [-0.4, -0.2) is 53.1 Å². The van der Waals surface area contributed by atoms with Crippen LogP contribution in [0.3, 0.4) is 0 Å². The molecule has 6 nitrogen and oxygen atoms in total. The Kier molecular flexibility index (Phi) is 4.35. The second kappa shape index (κ2) is 6.41. The monoisotopic (exact) mass is 306 g/mol. The molecular formula is C15H19FN4O2. The molecule has 1 aromatic carbocycles. The molecule has 22 heavy (non-hydrogen) atoms. The van der Waals surface area contributed by atoms with E-state index in [4.69, 9.17) is 4.74 Å². The number of halogens is 1. The first-order chi connectivity index (χ1) is 10.7. The van der Waals surface area contributed by atoms with Crippen LogP contribution in [0.25, 0.3) is 11.0 Å². The van der Waals surface area contributed by atoms with Crippen molar-refractivity contribution in [1.82, 2.24) is 20.2 Å². The fourth-order valence-corrected chi connectivity index (χ4v) is 2.67. The van der Waals surface area contributed by atoms with E-state index in [1.807, 2.05) is 6.92 Å². The first kappa shape index (κ1) is 14.9. The van der Waals surface area contributed by atoms with Crippen molar-refractivity contribution >= 4 is 16.9 Å². The van der Waals surface area contributed by atoms with Gasteiger partial charge in [0.25, 0.3) is 0 Å². The molecule has 1 aromatic heterocycles. The molecule has 2 N–H and O–H groups in total. The second-order valence-electron chi connectivity index (χ2n) is 5.28. The van der Waals surface area contributed by atoms with Gasteiger partial charge in [0.1, 0.15) is 17.7 Å². The van der Waals surface area contributed by atoms with Crippen LogP contribution in [0.5, 0.6) is 0 Å². The third-order valence-corrected chi connectivity index (χ3v) is 3.87. The number of nitrogens with zero attached hydrogens (tertiary/aromatic N) is 2. The Hall–Kier alpha value is -1.99. The minimum Gasteiger partial charge on any atom is -0.378 e. The first-order valence-electron chi connectivity index (χ1n) is 7.41. The van der Waals surface area contributed by atoms with E-state index in [2.05, 4.69) is 20.2 Å². The van der Waals surface area contributed by atoms with Crippen LogP contribution in [0.2, 0.25) is 0 Å². The van der Waals surface area contributed by atoms with Crippen LogP contribution in [0.15, 0.2) is 18.2 Å². The molecule has 1 atom stereocenters. The Morgan fingerprint density at radius 3 is 3.27 bits per heavy atom. The number of likely N-dealkylation sites (N-methyl/N-ethyl adjacent to an activating group) is 1. The Morgan fingerprint density at radius 1 is 1.59 bits per heavy atom. The lowest BCUT2D eigenvalue weighted by molar-refractivity contribution is -0.132. The largest absolute Gasteiger partial charge is 0.378 e. The number of nitrogens with one attached hydrogen (secondary N) is 2. The number of ether oxygens (including phenoxy) is 1. The number of aromatic nitrogens is 2. The van der Waals surface area contributed by atoms with E-state index in [1.54, 1.807) is 6.07 Å². The van der Waals surface area contributed by atoms with Crippen LogP contribution >= 0.6 is 0 Å². The number of H-pyrrole nitrogens is 1. The fraction of sp³-hybridized carbons (Fsp3) is 0.467. The first-order valence-corrected chi connectivity index (χ1v) is 7.41. The summed E-state index contributed by atoms with van der Waals surface area (Å²) in [6.45, 7) is 4.95. The van der Waals surface area contributed by atoms with Crippen molar-refractivity contribution in [2.45, 2.75) is 19.5 Å². The lowest BCUT2D eigenvalue weighted by Gasteiger charge is -2.33. The number of hydrogen-bond acceptors (Lipinski definition) is 4. The number of imidazole rings is 1. The molecule has 0 bridgehead atoms. The number of hydrogen-bond donors (Lipinski definition) is 2. The van der Waals surface area contributed by atoms with E-state index in [0.717, 1.165) is 13.1 Å². The van der Waals surface area contributed by atoms with Gasteiger partial charge < -0.3 is 15.0 Å². The number of benzene rings is 1. The van der Waals surface area contributed by atoms with Crippen LogP contribution in [0, 0.1) is 5.82 Å². The van der Waals surface area contributed by atoms with E-state index in [9.17, 15) is 9.18 Å². The van der Waals surface area contributed by atoms with Crippen LogP contribution in [0.4, 0.5) is 4.39 Å². The number of aromatic amines is 1. The van der Waals surface area contributed by atoms with Crippen LogP contribution in [0.1, 0.15) is 12.7 Å². The maximum absolute atomic E-state index is 13.1. The zero-order chi connectivity index (χ0) is 15.5. The molecule has 1 saturated heterocycles. The average Bonchev–Trinajstić information content (AvgIpc) is 2.94. The number of morpholine rings is 1. The molecule has 1 aliphatic heterocycles. The van der Waals surface area contributed by atoms with E-state index < -0.39 is 0 Å². The van der Waals surface area contributed by atoms with Crippen molar-refractivity contribution in [1.29, 1.82) is 0 Å². The highest BCUT2D eigenvalue weighted by molar-refractivity contribution is 5.82. The molecule has 1 aliphatic rings. The van der Waals surface area contributed by atoms with Gasteiger partial charge >= 0.3 is 0 Å². The van der Waals surface area contributed by atoms with E-state index in [0.29, 0.717) is 30.1 Å². The minimum absolute atomic E-state index is 0.0758. The van der Waals surface area contributed by atoms with Gasteiger partial charge in [-0.25, -0.2) is 9.37 Å². The van der Waals surface area contributed by atoms with Gasteiger partial charge in [-0.15, -0.1) is 0 Å². The van der Waals surface area contributed by atoms with Gasteiger partial charge in [0.15, 0.2) is 0 Å². The van der Waals surface area contributed by atoms with Crippen LogP contribution < -0.4 is 5.32 Å². The smallest absolute Gasteiger partial charge is 0.240 e. The maximum atomic E-state index is 13.1. The summed E-state index contributed by atoms with van der Waals surface area (Å²) in [5.74, 6) is 0.214. The average molecular weight is 306 g/mol. The number of rotatable bonds is 4. The number of amides is 1. The highest BCUT2D eigenvalue weighted by Gasteiger charge is 2.28. The van der Waals surface area contributed by atoms with Crippen molar-refractivity contribution in [3.63, 3.8) is 0 Å². The molecule has 0 saturated carbocycles. The normalized spacial score (nSPS) is 19.5. The Labute approximate surface area is 127 Å². The topological polar surface area (TPSA) is 70.2 Å². The van der Waals surface area contributed by atoms with Crippen molar-refractivity contribution in [3.05, 3.63) is 29.8 Å². The van der Waals surface area contributed by atoms with Gasteiger partial charge in [0.2, 0.25) is 5.91 Å². The fourth-order valence-electron chi connectivity index (χ4n) is 2.67. The number of fused-ring (bicyclic) bond motifs is 1. The standard InChI is InChI=1S/C15H19FN4O2/c1-2-20-5-6-22-9-13(20)15(21)17-8-14-18-11-4-3-10(16)7-12(11)19-14/h3-4,7,13H,2,5-6,8-9H2,1H3,(H,17,21)(H,18,19). The Balaban J connectivity index is 1.64. The van der Waals surface area contributed by atoms with Crippen LogP contribution in [-0.2, 0) is 16.1 Å².